The molecule has 98 valence electrons. The minimum atomic E-state index is -0.105. The minimum Gasteiger partial charge on any atom is -0.507 e. The van der Waals surface area contributed by atoms with E-state index in [-0.39, 0.29) is 11.3 Å². The number of aromatic hydroxyl groups is 1. The van der Waals surface area contributed by atoms with Gasteiger partial charge in [0, 0.05) is 23.0 Å². The van der Waals surface area contributed by atoms with E-state index in [0.717, 1.165) is 11.3 Å². The molecular weight excluding hydrogens is 240 g/mol. The third-order valence-electron chi connectivity index (χ3n) is 2.91. The number of aromatic nitrogens is 1. The highest BCUT2D eigenvalue weighted by molar-refractivity contribution is 5.83. The third kappa shape index (κ3) is 3.10. The molecular formula is C15H16N2O2. The van der Waals surface area contributed by atoms with Gasteiger partial charge in [-0.2, -0.15) is 0 Å². The lowest BCUT2D eigenvalue weighted by Crippen LogP contribution is -2.15. The lowest BCUT2D eigenvalue weighted by molar-refractivity contribution is 0.474. The van der Waals surface area contributed by atoms with Crippen molar-refractivity contribution in [2.45, 2.75) is 20.4 Å². The first kappa shape index (κ1) is 13.1. The summed E-state index contributed by atoms with van der Waals surface area (Å²) in [5, 5.41) is 9.59. The number of hydrogen-bond acceptors (Lipinski definition) is 3. The second-order valence-electron chi connectivity index (χ2n) is 4.47. The van der Waals surface area contributed by atoms with Gasteiger partial charge in [0.2, 0.25) is 0 Å². The second kappa shape index (κ2) is 5.52. The molecule has 0 amide bonds. The van der Waals surface area contributed by atoms with Gasteiger partial charge in [0.25, 0.3) is 5.56 Å². The average molecular weight is 256 g/mol. The Hall–Kier alpha value is -2.36. The Labute approximate surface area is 111 Å². The lowest BCUT2D eigenvalue weighted by Gasteiger charge is -2.03. The molecule has 4 heteroatoms. The summed E-state index contributed by atoms with van der Waals surface area (Å²) >= 11 is 0. The van der Waals surface area contributed by atoms with E-state index in [4.69, 9.17) is 0 Å². The number of aliphatic imine (C=N–C) groups is 1. The molecule has 1 aromatic heterocycles. The van der Waals surface area contributed by atoms with Crippen molar-refractivity contribution < 1.29 is 5.11 Å². The molecule has 4 nitrogen and oxygen atoms in total. The first-order valence-corrected chi connectivity index (χ1v) is 6.05. The first-order chi connectivity index (χ1) is 9.08. The lowest BCUT2D eigenvalue weighted by atomic mass is 10.1. The molecule has 0 aliphatic carbocycles. The molecule has 2 N–H and O–H groups in total. The van der Waals surface area contributed by atoms with Crippen LogP contribution in [0.25, 0.3) is 0 Å². The fourth-order valence-electron chi connectivity index (χ4n) is 1.91. The van der Waals surface area contributed by atoms with Crippen molar-refractivity contribution in [2.24, 2.45) is 4.99 Å². The highest BCUT2D eigenvalue weighted by Gasteiger charge is 2.03. The quantitative estimate of drug-likeness (QED) is 0.828. The van der Waals surface area contributed by atoms with Crippen molar-refractivity contribution in [1.82, 2.24) is 4.98 Å². The van der Waals surface area contributed by atoms with Gasteiger partial charge in [-0.05, 0) is 37.6 Å². The summed E-state index contributed by atoms with van der Waals surface area (Å²) in [7, 11) is 0. The van der Waals surface area contributed by atoms with Crippen molar-refractivity contribution in [3.8, 4) is 5.75 Å². The second-order valence-corrected chi connectivity index (χ2v) is 4.47. The molecule has 0 spiro atoms. The van der Waals surface area contributed by atoms with Gasteiger partial charge in [0.1, 0.15) is 5.75 Å². The van der Waals surface area contributed by atoms with Crippen LogP contribution in [0.5, 0.6) is 5.75 Å². The van der Waals surface area contributed by atoms with Crippen LogP contribution in [0.2, 0.25) is 0 Å². The van der Waals surface area contributed by atoms with E-state index in [9.17, 15) is 9.90 Å². The zero-order chi connectivity index (χ0) is 13.8. The summed E-state index contributed by atoms with van der Waals surface area (Å²) in [6.45, 7) is 4.05. The molecule has 0 saturated carbocycles. The van der Waals surface area contributed by atoms with E-state index in [1.807, 2.05) is 26.0 Å². The number of phenols is 1. The summed E-state index contributed by atoms with van der Waals surface area (Å²) in [5.74, 6) is 0.181. The summed E-state index contributed by atoms with van der Waals surface area (Å²) < 4.78 is 0. The number of hydrogen-bond donors (Lipinski definition) is 2. The van der Waals surface area contributed by atoms with Gasteiger partial charge in [-0.1, -0.05) is 12.1 Å². The van der Waals surface area contributed by atoms with Crippen molar-refractivity contribution in [3.05, 3.63) is 63.1 Å². The summed E-state index contributed by atoms with van der Waals surface area (Å²) in [6.07, 6.45) is 1.58. The van der Waals surface area contributed by atoms with Gasteiger partial charge >= 0.3 is 0 Å². The number of nitrogens with one attached hydrogen (secondary N) is 1. The Morgan fingerprint density at radius 2 is 2.05 bits per heavy atom. The molecule has 0 radical (unpaired) electrons. The number of para-hydroxylation sites is 1. The number of aromatic amines is 1. The molecule has 2 rings (SSSR count). The topological polar surface area (TPSA) is 65.5 Å². The van der Waals surface area contributed by atoms with Crippen LogP contribution in [0.15, 0.2) is 40.1 Å². The Morgan fingerprint density at radius 3 is 2.74 bits per heavy atom. The predicted octanol–water partition coefficient (Wildman–Crippen LogP) is 2.32. The smallest absolute Gasteiger partial charge is 0.253 e. The van der Waals surface area contributed by atoms with Gasteiger partial charge in [-0.3, -0.25) is 9.79 Å². The van der Waals surface area contributed by atoms with Gasteiger partial charge in [0.05, 0.1) is 6.54 Å². The third-order valence-corrected chi connectivity index (χ3v) is 2.91. The number of rotatable bonds is 3. The van der Waals surface area contributed by atoms with Gasteiger partial charge in [-0.15, -0.1) is 0 Å². The molecule has 1 heterocycles. The molecule has 0 aliphatic heterocycles. The predicted molar refractivity (Wildman–Crippen MR) is 75.9 cm³/mol. The molecule has 0 unspecified atom stereocenters. The first-order valence-electron chi connectivity index (χ1n) is 6.05. The van der Waals surface area contributed by atoms with Crippen molar-refractivity contribution >= 4 is 6.21 Å². The normalized spacial score (nSPS) is 11.1. The summed E-state index contributed by atoms with van der Waals surface area (Å²) in [4.78, 5) is 18.8. The number of nitrogens with zero attached hydrogens (tertiary/aromatic N) is 1. The van der Waals surface area contributed by atoms with E-state index in [2.05, 4.69) is 9.98 Å². The average Bonchev–Trinajstić information content (AvgIpc) is 2.34. The molecule has 0 bridgehead atoms. The van der Waals surface area contributed by atoms with E-state index in [0.29, 0.717) is 17.7 Å². The molecule has 0 aliphatic rings. The highest BCUT2D eigenvalue weighted by atomic mass is 16.3. The van der Waals surface area contributed by atoms with Crippen LogP contribution < -0.4 is 5.56 Å². The number of pyridine rings is 1. The van der Waals surface area contributed by atoms with Crippen LogP contribution in [0.3, 0.4) is 0 Å². The van der Waals surface area contributed by atoms with Crippen LogP contribution in [-0.2, 0) is 6.54 Å². The van der Waals surface area contributed by atoms with Gasteiger partial charge in [-0.25, -0.2) is 0 Å². The Kier molecular flexibility index (Phi) is 3.80. The zero-order valence-corrected chi connectivity index (χ0v) is 11.0. The van der Waals surface area contributed by atoms with Crippen molar-refractivity contribution in [3.63, 3.8) is 0 Å². The van der Waals surface area contributed by atoms with Crippen molar-refractivity contribution in [2.75, 3.05) is 0 Å². The molecule has 2 aromatic rings. The van der Waals surface area contributed by atoms with Crippen LogP contribution in [0, 0.1) is 13.8 Å². The molecule has 0 atom stereocenters. The summed E-state index contributed by atoms with van der Waals surface area (Å²) in [6, 6.07) is 8.87. The van der Waals surface area contributed by atoms with E-state index >= 15 is 0 Å². The molecule has 19 heavy (non-hydrogen) atoms. The fraction of sp³-hybridized carbons (Fsp3) is 0.200. The van der Waals surface area contributed by atoms with Crippen LogP contribution in [-0.4, -0.2) is 16.3 Å². The zero-order valence-electron chi connectivity index (χ0n) is 11.0. The number of H-pyrrole nitrogens is 1. The number of phenolic OH excluding ortho intramolecular Hbond substituents is 1. The van der Waals surface area contributed by atoms with Crippen LogP contribution >= 0.6 is 0 Å². The Morgan fingerprint density at radius 1 is 1.32 bits per heavy atom. The SMILES string of the molecule is Cc1cc(C)c(CN=Cc2ccccc2O)c(=O)[nH]1. The van der Waals surface area contributed by atoms with Crippen molar-refractivity contribution in [1.29, 1.82) is 0 Å². The van der Waals surface area contributed by atoms with Crippen LogP contribution in [0.1, 0.15) is 22.4 Å². The monoisotopic (exact) mass is 256 g/mol. The Bertz CT molecular complexity index is 672. The minimum absolute atomic E-state index is 0.105. The van der Waals surface area contributed by atoms with Gasteiger partial charge < -0.3 is 10.1 Å². The Balaban J connectivity index is 2.20. The highest BCUT2D eigenvalue weighted by Crippen LogP contribution is 2.13. The van der Waals surface area contributed by atoms with E-state index in [1.54, 1.807) is 24.4 Å². The molecule has 0 fully saturated rings. The maximum Gasteiger partial charge on any atom is 0.253 e. The number of aryl methyl sites for hydroxylation is 2. The summed E-state index contributed by atoms with van der Waals surface area (Å²) in [5.41, 5.74) is 2.96. The maximum absolute atomic E-state index is 11.8. The molecule has 0 saturated heterocycles. The van der Waals surface area contributed by atoms with E-state index in [1.165, 1.54) is 0 Å². The number of benzene rings is 1. The fourth-order valence-corrected chi connectivity index (χ4v) is 1.91. The molecule has 1 aromatic carbocycles. The van der Waals surface area contributed by atoms with Gasteiger partial charge in [0.15, 0.2) is 0 Å². The van der Waals surface area contributed by atoms with E-state index < -0.39 is 0 Å². The van der Waals surface area contributed by atoms with Crippen LogP contribution in [0.4, 0.5) is 0 Å². The maximum atomic E-state index is 11.8. The standard InChI is InChI=1S/C15H16N2O2/c1-10-7-11(2)17-15(19)13(10)9-16-8-12-5-3-4-6-14(12)18/h3-8,18H,9H2,1-2H3,(H,17,19). The largest absolute Gasteiger partial charge is 0.507 e.